The molecule has 0 atom stereocenters. The van der Waals surface area contributed by atoms with E-state index in [1.54, 1.807) is 45.2 Å². The summed E-state index contributed by atoms with van der Waals surface area (Å²) in [7, 11) is -1.71. The van der Waals surface area contributed by atoms with E-state index in [0.29, 0.717) is 30.2 Å². The Hall–Kier alpha value is -3.96. The standard InChI is InChI=1S/C27H33N7O3S/c1-27(2,3)38(36,37)33-22-6-5-7-23(17-22)34-15-12-20-18-30-26(32-25(20)34)31-21-10-8-19(9-11-21)16-24(35)29-14-13-28-4/h5-12,15,17-18,28,33H,13-14,16H2,1-4H3,(H,29,35)(H,30,31,32). The molecule has 0 aliphatic heterocycles. The van der Waals surface area contributed by atoms with Gasteiger partial charge >= 0.3 is 0 Å². The van der Waals surface area contributed by atoms with Gasteiger partial charge in [-0.3, -0.25) is 9.52 Å². The largest absolute Gasteiger partial charge is 0.355 e. The van der Waals surface area contributed by atoms with Crippen molar-refractivity contribution >= 4 is 44.3 Å². The number of sulfonamides is 1. The number of carbonyl (C=O) groups is 1. The second-order valence-electron chi connectivity index (χ2n) is 9.88. The Bertz CT molecular complexity index is 1520. The van der Waals surface area contributed by atoms with Crippen LogP contribution in [0.25, 0.3) is 16.7 Å². The molecular formula is C27H33N7O3S. The molecule has 1 amide bonds. The highest BCUT2D eigenvalue weighted by Crippen LogP contribution is 2.25. The molecule has 200 valence electrons. The van der Waals surface area contributed by atoms with Gasteiger partial charge in [-0.1, -0.05) is 18.2 Å². The highest BCUT2D eigenvalue weighted by molar-refractivity contribution is 7.94. The Balaban J connectivity index is 1.50. The zero-order valence-corrected chi connectivity index (χ0v) is 22.8. The Labute approximate surface area is 222 Å². The molecule has 4 aromatic rings. The molecule has 10 nitrogen and oxygen atoms in total. The van der Waals surface area contributed by atoms with E-state index >= 15 is 0 Å². The van der Waals surface area contributed by atoms with Crippen molar-refractivity contribution < 1.29 is 13.2 Å². The average molecular weight is 536 g/mol. The molecule has 2 aromatic heterocycles. The number of anilines is 3. The third-order valence-electron chi connectivity index (χ3n) is 5.88. The van der Waals surface area contributed by atoms with E-state index < -0.39 is 14.8 Å². The molecule has 0 saturated heterocycles. The van der Waals surface area contributed by atoms with Crippen molar-refractivity contribution in [3.63, 3.8) is 0 Å². The fourth-order valence-corrected chi connectivity index (χ4v) is 4.37. The van der Waals surface area contributed by atoms with Gasteiger partial charge in [0.05, 0.1) is 16.9 Å². The van der Waals surface area contributed by atoms with E-state index in [1.165, 1.54) is 0 Å². The summed E-state index contributed by atoms with van der Waals surface area (Å²) in [5.41, 5.74) is 3.61. The maximum absolute atomic E-state index is 12.6. The monoisotopic (exact) mass is 535 g/mol. The molecule has 0 aliphatic rings. The first-order valence-corrected chi connectivity index (χ1v) is 13.8. The van der Waals surface area contributed by atoms with E-state index in [-0.39, 0.29) is 5.91 Å². The van der Waals surface area contributed by atoms with E-state index in [2.05, 4.69) is 25.7 Å². The SMILES string of the molecule is CNCCNC(=O)Cc1ccc(Nc2ncc3ccn(-c4cccc(NS(=O)(=O)C(C)(C)C)c4)c3n2)cc1. The van der Waals surface area contributed by atoms with Crippen molar-refractivity contribution in [2.75, 3.05) is 30.2 Å². The van der Waals surface area contributed by atoms with E-state index in [0.717, 1.165) is 28.9 Å². The third-order valence-corrected chi connectivity index (χ3v) is 8.00. The number of hydrogen-bond donors (Lipinski definition) is 4. The first-order chi connectivity index (χ1) is 18.1. The number of carbonyl (C=O) groups excluding carboxylic acids is 1. The van der Waals surface area contributed by atoms with Crippen molar-refractivity contribution in [2.45, 2.75) is 31.9 Å². The summed E-state index contributed by atoms with van der Waals surface area (Å²) in [6, 6.07) is 16.6. The Kier molecular flexibility index (Phi) is 7.98. The Morgan fingerprint density at radius 2 is 1.76 bits per heavy atom. The highest BCUT2D eigenvalue weighted by atomic mass is 32.2. The summed E-state index contributed by atoms with van der Waals surface area (Å²) in [5, 5.41) is 9.91. The summed E-state index contributed by atoms with van der Waals surface area (Å²) >= 11 is 0. The maximum Gasteiger partial charge on any atom is 0.237 e. The minimum absolute atomic E-state index is 0.0224. The fourth-order valence-electron chi connectivity index (χ4n) is 3.62. The van der Waals surface area contributed by atoms with Crippen molar-refractivity contribution in [3.05, 3.63) is 72.6 Å². The fraction of sp³-hybridized carbons (Fsp3) is 0.296. The number of nitrogens with zero attached hydrogens (tertiary/aromatic N) is 3. The number of fused-ring (bicyclic) bond motifs is 1. The predicted molar refractivity (Wildman–Crippen MR) is 152 cm³/mol. The number of nitrogens with one attached hydrogen (secondary N) is 4. The van der Waals surface area contributed by atoms with E-state index in [1.807, 2.05) is 54.2 Å². The van der Waals surface area contributed by atoms with Gasteiger partial charge < -0.3 is 20.5 Å². The third kappa shape index (κ3) is 6.48. The van der Waals surface area contributed by atoms with Crippen LogP contribution in [-0.2, 0) is 21.2 Å². The van der Waals surface area contributed by atoms with Crippen LogP contribution < -0.4 is 20.7 Å². The van der Waals surface area contributed by atoms with Crippen molar-refractivity contribution in [3.8, 4) is 5.69 Å². The number of amides is 1. The first kappa shape index (κ1) is 27.1. The van der Waals surface area contributed by atoms with Gasteiger partial charge in [0.15, 0.2) is 0 Å². The van der Waals surface area contributed by atoms with Gasteiger partial charge in [-0.15, -0.1) is 0 Å². The van der Waals surface area contributed by atoms with E-state index in [4.69, 9.17) is 4.98 Å². The molecule has 2 aromatic carbocycles. The normalized spacial score (nSPS) is 11.9. The van der Waals surface area contributed by atoms with Crippen molar-refractivity contribution in [1.29, 1.82) is 0 Å². The minimum Gasteiger partial charge on any atom is -0.355 e. The Morgan fingerprint density at radius 1 is 1.00 bits per heavy atom. The average Bonchev–Trinajstić information content (AvgIpc) is 3.28. The molecule has 2 heterocycles. The van der Waals surface area contributed by atoms with Crippen LogP contribution in [0.15, 0.2) is 67.0 Å². The summed E-state index contributed by atoms with van der Waals surface area (Å²) in [6.45, 7) is 6.28. The van der Waals surface area contributed by atoms with Crippen LogP contribution in [0.4, 0.5) is 17.3 Å². The molecule has 0 saturated carbocycles. The summed E-state index contributed by atoms with van der Waals surface area (Å²) in [6.07, 6.45) is 3.92. The number of aromatic nitrogens is 3. The molecule has 0 unspecified atom stereocenters. The topological polar surface area (TPSA) is 130 Å². The minimum atomic E-state index is -3.56. The van der Waals surface area contributed by atoms with E-state index in [9.17, 15) is 13.2 Å². The zero-order chi connectivity index (χ0) is 27.3. The van der Waals surface area contributed by atoms with Gasteiger partial charge in [0.1, 0.15) is 5.65 Å². The molecule has 0 fully saturated rings. The van der Waals surface area contributed by atoms with Gasteiger partial charge in [-0.2, -0.15) is 4.98 Å². The van der Waals surface area contributed by atoms with Crippen molar-refractivity contribution in [1.82, 2.24) is 25.2 Å². The molecule has 4 N–H and O–H groups in total. The highest BCUT2D eigenvalue weighted by Gasteiger charge is 2.29. The lowest BCUT2D eigenvalue weighted by Gasteiger charge is -2.20. The van der Waals surface area contributed by atoms with Crippen LogP contribution >= 0.6 is 0 Å². The second kappa shape index (κ2) is 11.2. The van der Waals surface area contributed by atoms with Gasteiger partial charge in [0, 0.05) is 42.2 Å². The Morgan fingerprint density at radius 3 is 2.47 bits per heavy atom. The molecule has 0 bridgehead atoms. The summed E-state index contributed by atoms with van der Waals surface area (Å²) in [5.74, 6) is 0.394. The molecule has 11 heteroatoms. The van der Waals surface area contributed by atoms with Crippen LogP contribution in [0.1, 0.15) is 26.3 Å². The molecular weight excluding hydrogens is 502 g/mol. The molecule has 0 aliphatic carbocycles. The van der Waals surface area contributed by atoms with Gasteiger partial charge in [0.2, 0.25) is 21.9 Å². The molecule has 0 radical (unpaired) electrons. The van der Waals surface area contributed by atoms with Crippen LogP contribution in [0.5, 0.6) is 0 Å². The van der Waals surface area contributed by atoms with Gasteiger partial charge in [0.25, 0.3) is 0 Å². The number of benzene rings is 2. The summed E-state index contributed by atoms with van der Waals surface area (Å²) in [4.78, 5) is 21.1. The quantitative estimate of drug-likeness (QED) is 0.228. The molecule has 0 spiro atoms. The lowest BCUT2D eigenvalue weighted by Crippen LogP contribution is -2.33. The van der Waals surface area contributed by atoms with Crippen LogP contribution in [0.2, 0.25) is 0 Å². The predicted octanol–water partition coefficient (Wildman–Crippen LogP) is 3.58. The number of likely N-dealkylation sites (N-methyl/N-ethyl adjacent to an activating group) is 1. The van der Waals surface area contributed by atoms with Crippen LogP contribution in [0, 0.1) is 0 Å². The van der Waals surface area contributed by atoms with Crippen LogP contribution in [0.3, 0.4) is 0 Å². The molecule has 38 heavy (non-hydrogen) atoms. The lowest BCUT2D eigenvalue weighted by molar-refractivity contribution is -0.120. The lowest BCUT2D eigenvalue weighted by atomic mass is 10.1. The van der Waals surface area contributed by atoms with Crippen molar-refractivity contribution in [2.24, 2.45) is 0 Å². The molecule has 4 rings (SSSR count). The number of hydrogen-bond acceptors (Lipinski definition) is 7. The number of rotatable bonds is 10. The maximum atomic E-state index is 12.6. The smallest absolute Gasteiger partial charge is 0.237 e. The first-order valence-electron chi connectivity index (χ1n) is 12.3. The summed E-state index contributed by atoms with van der Waals surface area (Å²) < 4.78 is 28.8. The van der Waals surface area contributed by atoms with Crippen LogP contribution in [-0.4, -0.2) is 53.7 Å². The second-order valence-corrected chi connectivity index (χ2v) is 12.3. The zero-order valence-electron chi connectivity index (χ0n) is 21.9. The van der Waals surface area contributed by atoms with Gasteiger partial charge in [-0.05, 0) is 69.8 Å². The van der Waals surface area contributed by atoms with Gasteiger partial charge in [-0.25, -0.2) is 13.4 Å².